The number of esters is 2. The predicted octanol–water partition coefficient (Wildman–Crippen LogP) is 21.9. The highest BCUT2D eigenvalue weighted by atomic mass is 16.7. The molecule has 0 spiro atoms. The number of hydrogen-bond acceptors (Lipinski definition) is 7. The molecule has 0 heterocycles. The van der Waals surface area contributed by atoms with E-state index in [2.05, 4.69) is 13.8 Å². The predicted molar refractivity (Wildman–Crippen MR) is 342 cm³/mol. The molecule has 0 aromatic carbocycles. The SMILES string of the molecule is CCCCCCCCCCCCCCCCCCCCCCCCCCCCCCCCCCCCC(=O)OC(COC(=O)CCCCCCCCCCCCCCCCCCCCCCC)COC(OCC[N+](C)(C)C)C(=O)O. The number of carbonyl (C=O) groups excluding carboxylic acids is 2. The van der Waals surface area contributed by atoms with Gasteiger partial charge in [-0.25, -0.2) is 4.79 Å². The summed E-state index contributed by atoms with van der Waals surface area (Å²) in [6, 6.07) is 0. The number of carboxylic acids is 1. The van der Waals surface area contributed by atoms with Crippen LogP contribution in [0.1, 0.15) is 380 Å². The number of carbonyl (C=O) groups is 3. The van der Waals surface area contributed by atoms with Gasteiger partial charge in [-0.3, -0.25) is 9.59 Å². The molecule has 476 valence electrons. The van der Waals surface area contributed by atoms with Crippen LogP contribution >= 0.6 is 0 Å². The molecule has 0 aromatic rings. The van der Waals surface area contributed by atoms with Gasteiger partial charge in [0.25, 0.3) is 6.29 Å². The maximum absolute atomic E-state index is 12.9. The lowest BCUT2D eigenvalue weighted by atomic mass is 10.0. The van der Waals surface area contributed by atoms with E-state index in [1.165, 1.54) is 315 Å². The molecular formula is C71H140NO8+. The third-order valence-corrected chi connectivity index (χ3v) is 16.6. The summed E-state index contributed by atoms with van der Waals surface area (Å²) in [6.07, 6.45) is 72.3. The molecule has 2 atom stereocenters. The molecule has 0 radical (unpaired) electrons. The van der Waals surface area contributed by atoms with Gasteiger partial charge in [-0.2, -0.15) is 0 Å². The number of likely N-dealkylation sites (N-methyl/N-ethyl adjacent to an activating group) is 1. The summed E-state index contributed by atoms with van der Waals surface area (Å²) >= 11 is 0. The van der Waals surface area contributed by atoms with Gasteiger partial charge in [-0.1, -0.05) is 354 Å². The Morgan fingerprint density at radius 2 is 0.562 bits per heavy atom. The maximum Gasteiger partial charge on any atom is 0.361 e. The van der Waals surface area contributed by atoms with Gasteiger partial charge in [0, 0.05) is 12.8 Å². The largest absolute Gasteiger partial charge is 0.477 e. The smallest absolute Gasteiger partial charge is 0.361 e. The summed E-state index contributed by atoms with van der Waals surface area (Å²) in [7, 11) is 6.00. The lowest BCUT2D eigenvalue weighted by molar-refractivity contribution is -0.870. The summed E-state index contributed by atoms with van der Waals surface area (Å²) < 4.78 is 23.0. The van der Waals surface area contributed by atoms with Crippen molar-refractivity contribution in [1.29, 1.82) is 0 Å². The molecule has 0 aliphatic rings. The molecule has 0 fully saturated rings. The number of nitrogens with zero attached hydrogens (tertiary/aromatic N) is 1. The van der Waals surface area contributed by atoms with Crippen molar-refractivity contribution in [1.82, 2.24) is 0 Å². The Hall–Kier alpha value is -1.71. The molecule has 1 N–H and O–H groups in total. The van der Waals surface area contributed by atoms with Crippen molar-refractivity contribution >= 4 is 17.9 Å². The fourth-order valence-corrected chi connectivity index (χ4v) is 11.1. The van der Waals surface area contributed by atoms with Crippen LogP contribution in [0.5, 0.6) is 0 Å². The van der Waals surface area contributed by atoms with Gasteiger partial charge in [-0.05, 0) is 12.8 Å². The highest BCUT2D eigenvalue weighted by molar-refractivity contribution is 5.71. The first-order chi connectivity index (χ1) is 39.1. The van der Waals surface area contributed by atoms with Crippen LogP contribution in [-0.2, 0) is 33.3 Å². The monoisotopic (exact) mass is 1140 g/mol. The van der Waals surface area contributed by atoms with Crippen LogP contribution in [0.15, 0.2) is 0 Å². The number of hydrogen-bond donors (Lipinski definition) is 1. The van der Waals surface area contributed by atoms with Crippen LogP contribution in [0, 0.1) is 0 Å². The minimum Gasteiger partial charge on any atom is -0.477 e. The summed E-state index contributed by atoms with van der Waals surface area (Å²) in [5.41, 5.74) is 0. The van der Waals surface area contributed by atoms with E-state index in [0.29, 0.717) is 17.4 Å². The van der Waals surface area contributed by atoms with E-state index in [4.69, 9.17) is 18.9 Å². The van der Waals surface area contributed by atoms with E-state index < -0.39 is 18.4 Å². The van der Waals surface area contributed by atoms with Gasteiger partial charge in [0.15, 0.2) is 6.10 Å². The second-order valence-corrected chi connectivity index (χ2v) is 25.9. The van der Waals surface area contributed by atoms with Crippen LogP contribution in [-0.4, -0.2) is 87.4 Å². The first-order valence-electron chi connectivity index (χ1n) is 35.7. The van der Waals surface area contributed by atoms with Crippen LogP contribution in [0.2, 0.25) is 0 Å². The zero-order chi connectivity index (χ0) is 58.3. The summed E-state index contributed by atoms with van der Waals surface area (Å²) in [5.74, 6) is -1.97. The average Bonchev–Trinajstić information content (AvgIpc) is 3.43. The molecule has 0 bridgehead atoms. The van der Waals surface area contributed by atoms with Crippen LogP contribution < -0.4 is 0 Å². The first kappa shape index (κ1) is 78.3. The third kappa shape index (κ3) is 63.9. The van der Waals surface area contributed by atoms with Gasteiger partial charge in [0.2, 0.25) is 0 Å². The molecule has 0 aliphatic carbocycles. The van der Waals surface area contributed by atoms with Gasteiger partial charge in [0.05, 0.1) is 34.4 Å². The molecule has 80 heavy (non-hydrogen) atoms. The molecule has 2 unspecified atom stereocenters. The normalized spacial score (nSPS) is 12.6. The van der Waals surface area contributed by atoms with E-state index in [9.17, 15) is 19.5 Å². The second kappa shape index (κ2) is 63.3. The molecule has 0 aromatic heterocycles. The van der Waals surface area contributed by atoms with Crippen molar-refractivity contribution < 1.29 is 42.9 Å². The lowest BCUT2D eigenvalue weighted by Gasteiger charge is -2.25. The van der Waals surface area contributed by atoms with Gasteiger partial charge >= 0.3 is 17.9 Å². The Morgan fingerprint density at radius 3 is 0.800 bits per heavy atom. The van der Waals surface area contributed by atoms with Crippen molar-refractivity contribution in [3.63, 3.8) is 0 Å². The highest BCUT2D eigenvalue weighted by Crippen LogP contribution is 2.20. The minimum absolute atomic E-state index is 0.172. The Bertz CT molecular complexity index is 1270. The number of unbranched alkanes of at least 4 members (excludes halogenated alkanes) is 53. The lowest BCUT2D eigenvalue weighted by Crippen LogP contribution is -2.40. The van der Waals surface area contributed by atoms with Gasteiger partial charge in [-0.15, -0.1) is 0 Å². The fourth-order valence-electron chi connectivity index (χ4n) is 11.1. The van der Waals surface area contributed by atoms with Crippen molar-refractivity contribution in [3.8, 4) is 0 Å². The number of quaternary nitrogens is 1. The Kier molecular flexibility index (Phi) is 62.0. The molecule has 9 nitrogen and oxygen atoms in total. The maximum atomic E-state index is 12.9. The molecule has 0 saturated heterocycles. The average molecular weight is 1140 g/mol. The molecule has 0 amide bonds. The van der Waals surface area contributed by atoms with E-state index in [1.807, 2.05) is 21.1 Å². The summed E-state index contributed by atoms with van der Waals surface area (Å²) in [4.78, 5) is 37.6. The standard InChI is InChI=1S/C71H139NO8/c1-6-8-10-12-14-16-18-20-22-24-26-28-29-30-31-32-33-34-35-36-37-38-39-40-42-44-46-48-50-52-54-56-58-60-62-69(74)80-67(66-79-71(70(75)76)77-64-63-72(3,4)5)65-78-68(73)61-59-57-55-53-51-49-47-45-43-41-27-25-23-21-19-17-15-13-11-9-7-2/h67,71H,6-66H2,1-5H3/p+1. The zero-order valence-electron chi connectivity index (χ0n) is 54.5. The molecule has 9 heteroatoms. The zero-order valence-corrected chi connectivity index (χ0v) is 54.5. The van der Waals surface area contributed by atoms with Crippen molar-refractivity contribution in [2.75, 3.05) is 47.5 Å². The number of aliphatic carboxylic acids is 1. The second-order valence-electron chi connectivity index (χ2n) is 25.9. The summed E-state index contributed by atoms with van der Waals surface area (Å²) in [6.45, 7) is 4.97. The Labute approximate surface area is 498 Å². The number of rotatable bonds is 68. The Morgan fingerprint density at radius 1 is 0.325 bits per heavy atom. The van der Waals surface area contributed by atoms with Crippen LogP contribution in [0.25, 0.3) is 0 Å². The van der Waals surface area contributed by atoms with Gasteiger partial charge in [0.1, 0.15) is 13.2 Å². The van der Waals surface area contributed by atoms with Crippen molar-refractivity contribution in [3.05, 3.63) is 0 Å². The Balaban J connectivity index is 3.99. The topological polar surface area (TPSA) is 108 Å². The number of carboxylic acid groups (broad SMARTS) is 1. The molecule has 0 rings (SSSR count). The minimum atomic E-state index is -1.50. The third-order valence-electron chi connectivity index (χ3n) is 16.6. The quantitative estimate of drug-likeness (QED) is 0.0278. The van der Waals surface area contributed by atoms with Crippen molar-refractivity contribution in [2.24, 2.45) is 0 Å². The van der Waals surface area contributed by atoms with E-state index in [0.717, 1.165) is 38.5 Å². The van der Waals surface area contributed by atoms with Crippen molar-refractivity contribution in [2.45, 2.75) is 392 Å². The first-order valence-corrected chi connectivity index (χ1v) is 35.7. The molecule has 0 saturated carbocycles. The number of ether oxygens (including phenoxy) is 4. The summed E-state index contributed by atoms with van der Waals surface area (Å²) in [5, 5.41) is 9.74. The molecule has 0 aliphatic heterocycles. The highest BCUT2D eigenvalue weighted by Gasteiger charge is 2.25. The van der Waals surface area contributed by atoms with E-state index in [-0.39, 0.29) is 38.2 Å². The fraction of sp³-hybridized carbons (Fsp3) is 0.958. The van der Waals surface area contributed by atoms with Crippen LogP contribution in [0.3, 0.4) is 0 Å². The van der Waals surface area contributed by atoms with E-state index >= 15 is 0 Å². The van der Waals surface area contributed by atoms with E-state index in [1.54, 1.807) is 0 Å². The van der Waals surface area contributed by atoms with Gasteiger partial charge < -0.3 is 28.5 Å². The molecular weight excluding hydrogens is 995 g/mol. The van der Waals surface area contributed by atoms with Crippen LogP contribution in [0.4, 0.5) is 0 Å².